The highest BCUT2D eigenvalue weighted by molar-refractivity contribution is 9.10. The van der Waals surface area contributed by atoms with E-state index in [0.717, 1.165) is 10.0 Å². The first-order valence-electron chi connectivity index (χ1n) is 5.52. The molecule has 100 valence electrons. The predicted octanol–water partition coefficient (Wildman–Crippen LogP) is 5.56. The summed E-state index contributed by atoms with van der Waals surface area (Å²) in [6.07, 6.45) is 0. The second-order valence-corrected chi connectivity index (χ2v) is 5.48. The average molecular weight is 364 g/mol. The van der Waals surface area contributed by atoms with Crippen LogP contribution in [0.2, 0.25) is 5.02 Å². The largest absolute Gasteiger partial charge is 0.485 e. The monoisotopic (exact) mass is 362 g/mol. The van der Waals surface area contributed by atoms with Crippen molar-refractivity contribution in [3.8, 4) is 5.75 Å². The third-order valence-electron chi connectivity index (χ3n) is 2.58. The molecule has 0 saturated heterocycles. The summed E-state index contributed by atoms with van der Waals surface area (Å²) in [5.41, 5.74) is 1.41. The standard InChI is InChI=1S/C14H10BrCl2FO/c15-11-5-4-10(12(17)6-11)8-19-14-9(7-16)2-1-3-13(14)18/h1-6H,7-8H2. The number of alkyl halides is 1. The number of benzene rings is 2. The maximum Gasteiger partial charge on any atom is 0.165 e. The first-order chi connectivity index (χ1) is 9.11. The lowest BCUT2D eigenvalue weighted by Gasteiger charge is -2.12. The molecule has 2 aromatic rings. The minimum Gasteiger partial charge on any atom is -0.485 e. The minimum absolute atomic E-state index is 0.177. The Morgan fingerprint density at radius 1 is 1.16 bits per heavy atom. The quantitative estimate of drug-likeness (QED) is 0.646. The summed E-state index contributed by atoms with van der Waals surface area (Å²) >= 11 is 15.2. The van der Waals surface area contributed by atoms with Crippen molar-refractivity contribution in [3.63, 3.8) is 0 Å². The van der Waals surface area contributed by atoms with Crippen LogP contribution < -0.4 is 4.74 Å². The molecule has 0 aromatic heterocycles. The zero-order chi connectivity index (χ0) is 13.8. The van der Waals surface area contributed by atoms with E-state index in [1.807, 2.05) is 12.1 Å². The van der Waals surface area contributed by atoms with Gasteiger partial charge in [0.2, 0.25) is 0 Å². The van der Waals surface area contributed by atoms with Crippen LogP contribution in [-0.2, 0) is 12.5 Å². The van der Waals surface area contributed by atoms with Gasteiger partial charge in [0.1, 0.15) is 6.61 Å². The maximum atomic E-state index is 13.7. The van der Waals surface area contributed by atoms with E-state index in [9.17, 15) is 4.39 Å². The van der Waals surface area contributed by atoms with Gasteiger partial charge in [-0.1, -0.05) is 45.7 Å². The predicted molar refractivity (Wildman–Crippen MR) is 79.4 cm³/mol. The topological polar surface area (TPSA) is 9.23 Å². The van der Waals surface area contributed by atoms with Crippen LogP contribution >= 0.6 is 39.1 Å². The van der Waals surface area contributed by atoms with E-state index in [1.54, 1.807) is 18.2 Å². The number of para-hydroxylation sites is 1. The molecule has 5 heteroatoms. The van der Waals surface area contributed by atoms with Gasteiger partial charge in [0, 0.05) is 20.6 Å². The Kier molecular flexibility index (Phi) is 5.08. The number of rotatable bonds is 4. The van der Waals surface area contributed by atoms with Crippen LogP contribution in [0.25, 0.3) is 0 Å². The Balaban J connectivity index is 2.19. The molecule has 0 atom stereocenters. The van der Waals surface area contributed by atoms with Crippen molar-refractivity contribution in [1.29, 1.82) is 0 Å². The van der Waals surface area contributed by atoms with Gasteiger partial charge < -0.3 is 4.74 Å². The molecule has 0 aliphatic rings. The average Bonchev–Trinajstić information content (AvgIpc) is 2.39. The van der Waals surface area contributed by atoms with Crippen LogP contribution in [0.1, 0.15) is 11.1 Å². The van der Waals surface area contributed by atoms with Gasteiger partial charge >= 0.3 is 0 Å². The van der Waals surface area contributed by atoms with Crippen LogP contribution in [0.15, 0.2) is 40.9 Å². The van der Waals surface area contributed by atoms with E-state index < -0.39 is 5.82 Å². The van der Waals surface area contributed by atoms with Crippen LogP contribution in [0.4, 0.5) is 4.39 Å². The van der Waals surface area contributed by atoms with E-state index >= 15 is 0 Å². The molecular weight excluding hydrogens is 354 g/mol. The van der Waals surface area contributed by atoms with Gasteiger partial charge in [0.05, 0.1) is 5.88 Å². The highest BCUT2D eigenvalue weighted by Crippen LogP contribution is 2.27. The molecule has 0 aliphatic carbocycles. The molecule has 0 N–H and O–H groups in total. The summed E-state index contributed by atoms with van der Waals surface area (Å²) in [6, 6.07) is 10.1. The van der Waals surface area contributed by atoms with Crippen molar-refractivity contribution >= 4 is 39.1 Å². The van der Waals surface area contributed by atoms with E-state index in [4.69, 9.17) is 27.9 Å². The first-order valence-corrected chi connectivity index (χ1v) is 7.22. The fourth-order valence-corrected chi connectivity index (χ4v) is 2.55. The van der Waals surface area contributed by atoms with Gasteiger partial charge in [-0.15, -0.1) is 11.6 Å². The number of ether oxygens (including phenoxy) is 1. The highest BCUT2D eigenvalue weighted by Gasteiger charge is 2.10. The molecule has 0 bridgehead atoms. The molecule has 0 amide bonds. The number of hydrogen-bond acceptors (Lipinski definition) is 1. The molecule has 0 fully saturated rings. The number of halogens is 4. The van der Waals surface area contributed by atoms with Crippen LogP contribution in [0.5, 0.6) is 5.75 Å². The molecule has 0 heterocycles. The van der Waals surface area contributed by atoms with Crippen molar-refractivity contribution in [1.82, 2.24) is 0 Å². The fourth-order valence-electron chi connectivity index (χ4n) is 1.61. The van der Waals surface area contributed by atoms with Gasteiger partial charge in [-0.3, -0.25) is 0 Å². The normalized spacial score (nSPS) is 10.5. The van der Waals surface area contributed by atoms with Gasteiger partial charge in [-0.25, -0.2) is 4.39 Å². The van der Waals surface area contributed by atoms with E-state index in [-0.39, 0.29) is 18.2 Å². The smallest absolute Gasteiger partial charge is 0.165 e. The Hall–Kier alpha value is -0.770. The lowest BCUT2D eigenvalue weighted by Crippen LogP contribution is -2.01. The van der Waals surface area contributed by atoms with Gasteiger partial charge in [0.15, 0.2) is 11.6 Å². The van der Waals surface area contributed by atoms with Gasteiger partial charge in [0.25, 0.3) is 0 Å². The highest BCUT2D eigenvalue weighted by atomic mass is 79.9. The van der Waals surface area contributed by atoms with Gasteiger partial charge in [-0.2, -0.15) is 0 Å². The third kappa shape index (κ3) is 3.62. The third-order valence-corrected chi connectivity index (χ3v) is 3.71. The zero-order valence-electron chi connectivity index (χ0n) is 9.80. The van der Waals surface area contributed by atoms with Crippen molar-refractivity contribution in [2.45, 2.75) is 12.5 Å². The Morgan fingerprint density at radius 2 is 1.95 bits per heavy atom. The van der Waals surface area contributed by atoms with Crippen molar-refractivity contribution in [2.24, 2.45) is 0 Å². The molecular formula is C14H10BrCl2FO. The van der Waals surface area contributed by atoms with Crippen molar-refractivity contribution in [2.75, 3.05) is 0 Å². The van der Waals surface area contributed by atoms with E-state index in [1.165, 1.54) is 6.07 Å². The SMILES string of the molecule is Fc1cccc(CCl)c1OCc1ccc(Br)cc1Cl. The molecule has 0 spiro atoms. The second-order valence-electron chi connectivity index (χ2n) is 3.89. The summed E-state index contributed by atoms with van der Waals surface area (Å²) in [6.45, 7) is 0.191. The second kappa shape index (κ2) is 6.60. The summed E-state index contributed by atoms with van der Waals surface area (Å²) < 4.78 is 20.1. The van der Waals surface area contributed by atoms with Crippen LogP contribution in [0, 0.1) is 5.82 Å². The Bertz CT molecular complexity index is 590. The first kappa shape index (κ1) is 14.6. The molecule has 0 radical (unpaired) electrons. The molecule has 0 aliphatic heterocycles. The molecule has 19 heavy (non-hydrogen) atoms. The van der Waals surface area contributed by atoms with Crippen molar-refractivity contribution in [3.05, 3.63) is 62.8 Å². The molecule has 2 aromatic carbocycles. The molecule has 0 saturated carbocycles. The van der Waals surface area contributed by atoms with E-state index in [0.29, 0.717) is 10.6 Å². The molecule has 2 rings (SSSR count). The maximum absolute atomic E-state index is 13.7. The Morgan fingerprint density at radius 3 is 2.63 bits per heavy atom. The Labute approximate surface area is 129 Å². The van der Waals surface area contributed by atoms with Crippen LogP contribution in [-0.4, -0.2) is 0 Å². The summed E-state index contributed by atoms with van der Waals surface area (Å²) in [7, 11) is 0. The zero-order valence-corrected chi connectivity index (χ0v) is 12.9. The summed E-state index contributed by atoms with van der Waals surface area (Å²) in [5, 5.41) is 0.568. The van der Waals surface area contributed by atoms with Crippen molar-refractivity contribution < 1.29 is 9.13 Å². The number of hydrogen-bond donors (Lipinski definition) is 0. The fraction of sp³-hybridized carbons (Fsp3) is 0.143. The van der Waals surface area contributed by atoms with Crippen LogP contribution in [0.3, 0.4) is 0 Å². The van der Waals surface area contributed by atoms with E-state index in [2.05, 4.69) is 15.9 Å². The summed E-state index contributed by atoms with van der Waals surface area (Å²) in [5.74, 6) is -0.0517. The molecule has 1 nitrogen and oxygen atoms in total. The summed E-state index contributed by atoms with van der Waals surface area (Å²) in [4.78, 5) is 0. The lowest BCUT2D eigenvalue weighted by atomic mass is 10.2. The van der Waals surface area contributed by atoms with Gasteiger partial charge in [-0.05, 0) is 18.2 Å². The molecule has 0 unspecified atom stereocenters. The lowest BCUT2D eigenvalue weighted by molar-refractivity contribution is 0.288. The minimum atomic E-state index is -0.425.